The molecule has 0 bridgehead atoms. The van der Waals surface area contributed by atoms with E-state index in [1.165, 1.54) is 6.07 Å². The van der Waals surface area contributed by atoms with E-state index in [0.29, 0.717) is 53.0 Å². The van der Waals surface area contributed by atoms with Crippen LogP contribution in [-0.4, -0.2) is 58.2 Å². The van der Waals surface area contributed by atoms with E-state index in [9.17, 15) is 14.7 Å². The number of ether oxygens (including phenoxy) is 1. The summed E-state index contributed by atoms with van der Waals surface area (Å²) in [5.74, 6) is -1.10. The molecule has 3 heterocycles. The number of aromatic carboxylic acids is 1. The third kappa shape index (κ3) is 2.77. The van der Waals surface area contributed by atoms with Crippen LogP contribution in [0.1, 0.15) is 20.7 Å². The first-order valence-electron chi connectivity index (χ1n) is 7.77. The van der Waals surface area contributed by atoms with Gasteiger partial charge in [0.25, 0.3) is 5.91 Å². The van der Waals surface area contributed by atoms with Gasteiger partial charge >= 0.3 is 5.97 Å². The van der Waals surface area contributed by atoms with E-state index in [1.54, 1.807) is 23.1 Å². The number of morpholine rings is 1. The number of fused-ring (bicyclic) bond motifs is 3. The van der Waals surface area contributed by atoms with Crippen LogP contribution in [0.2, 0.25) is 0 Å². The maximum absolute atomic E-state index is 12.6. The quantitative estimate of drug-likeness (QED) is 0.641. The maximum atomic E-state index is 12.6. The molecule has 128 valence electrons. The molecule has 0 atom stereocenters. The van der Waals surface area contributed by atoms with Crippen molar-refractivity contribution in [3.8, 4) is 0 Å². The van der Waals surface area contributed by atoms with Crippen molar-refractivity contribution in [2.45, 2.75) is 0 Å². The highest BCUT2D eigenvalue weighted by Gasteiger charge is 2.20. The standard InChI is InChI=1S/C17H14BrN3O4/c18-13-8-11(17(23)24)15-14(20-13)10-2-1-9(7-12(10)19-15)16(22)21-3-5-25-6-4-21/h1-2,7-8,19H,3-6H2,(H,23,24). The number of hydrogen-bond acceptors (Lipinski definition) is 4. The number of pyridine rings is 1. The second kappa shape index (κ2) is 6.12. The second-order valence-electron chi connectivity index (χ2n) is 5.81. The number of amides is 1. The molecule has 0 spiro atoms. The average molecular weight is 404 g/mol. The Hall–Kier alpha value is -2.45. The number of carbonyl (C=O) groups excluding carboxylic acids is 1. The summed E-state index contributed by atoms with van der Waals surface area (Å²) < 4.78 is 5.72. The van der Waals surface area contributed by atoms with Crippen molar-refractivity contribution < 1.29 is 19.4 Å². The van der Waals surface area contributed by atoms with Crippen LogP contribution in [0.5, 0.6) is 0 Å². The van der Waals surface area contributed by atoms with Gasteiger partial charge in [-0.25, -0.2) is 9.78 Å². The zero-order valence-electron chi connectivity index (χ0n) is 13.1. The van der Waals surface area contributed by atoms with Crippen molar-refractivity contribution in [2.24, 2.45) is 0 Å². The van der Waals surface area contributed by atoms with E-state index in [1.807, 2.05) is 0 Å². The van der Waals surface area contributed by atoms with Crippen molar-refractivity contribution in [1.82, 2.24) is 14.9 Å². The molecule has 1 saturated heterocycles. The molecule has 1 amide bonds. The number of nitrogens with one attached hydrogen (secondary N) is 1. The molecule has 1 aromatic carbocycles. The Morgan fingerprint density at radius 2 is 2.00 bits per heavy atom. The van der Waals surface area contributed by atoms with E-state index in [0.717, 1.165) is 5.39 Å². The molecule has 0 aliphatic carbocycles. The number of carboxylic acids is 1. The third-order valence-corrected chi connectivity index (χ3v) is 4.70. The molecule has 2 N–H and O–H groups in total. The number of nitrogens with zero attached hydrogens (tertiary/aromatic N) is 2. The molecule has 8 heteroatoms. The van der Waals surface area contributed by atoms with Gasteiger partial charge in [0.2, 0.25) is 0 Å². The number of carboxylic acid groups (broad SMARTS) is 1. The van der Waals surface area contributed by atoms with Gasteiger partial charge < -0.3 is 19.7 Å². The summed E-state index contributed by atoms with van der Waals surface area (Å²) in [4.78, 5) is 33.3. The van der Waals surface area contributed by atoms with Gasteiger partial charge in [0.1, 0.15) is 4.60 Å². The summed E-state index contributed by atoms with van der Waals surface area (Å²) in [5, 5.41) is 10.2. The summed E-state index contributed by atoms with van der Waals surface area (Å²) in [5.41, 5.74) is 2.38. The number of rotatable bonds is 2. The topological polar surface area (TPSA) is 95.5 Å². The van der Waals surface area contributed by atoms with Gasteiger partial charge in [-0.15, -0.1) is 0 Å². The predicted molar refractivity (Wildman–Crippen MR) is 95.0 cm³/mol. The lowest BCUT2D eigenvalue weighted by atomic mass is 10.1. The molecule has 3 aromatic rings. The lowest BCUT2D eigenvalue weighted by Crippen LogP contribution is -2.40. The average Bonchev–Trinajstić information content (AvgIpc) is 2.98. The Morgan fingerprint density at radius 3 is 2.72 bits per heavy atom. The molecule has 25 heavy (non-hydrogen) atoms. The van der Waals surface area contributed by atoms with Gasteiger partial charge in [-0.1, -0.05) is 0 Å². The van der Waals surface area contributed by atoms with Crippen molar-refractivity contribution in [3.63, 3.8) is 0 Å². The summed E-state index contributed by atoms with van der Waals surface area (Å²) in [6.45, 7) is 2.23. The lowest BCUT2D eigenvalue weighted by molar-refractivity contribution is 0.0303. The van der Waals surface area contributed by atoms with E-state index in [4.69, 9.17) is 4.74 Å². The zero-order valence-corrected chi connectivity index (χ0v) is 14.7. The first-order chi connectivity index (χ1) is 12.0. The van der Waals surface area contributed by atoms with Gasteiger partial charge in [-0.2, -0.15) is 0 Å². The Labute approximate surface area is 150 Å². The first-order valence-corrected chi connectivity index (χ1v) is 8.56. The van der Waals surface area contributed by atoms with Crippen molar-refractivity contribution >= 4 is 49.7 Å². The van der Waals surface area contributed by atoms with E-state index in [2.05, 4.69) is 25.9 Å². The fourth-order valence-electron chi connectivity index (χ4n) is 3.07. The number of hydrogen-bond donors (Lipinski definition) is 2. The molecule has 1 aliphatic heterocycles. The van der Waals surface area contributed by atoms with Crippen LogP contribution in [0.25, 0.3) is 21.9 Å². The van der Waals surface area contributed by atoms with Crippen LogP contribution in [0, 0.1) is 0 Å². The first kappa shape index (κ1) is 16.0. The highest BCUT2D eigenvalue weighted by Crippen LogP contribution is 2.29. The van der Waals surface area contributed by atoms with Crippen molar-refractivity contribution in [1.29, 1.82) is 0 Å². The fraction of sp³-hybridized carbons (Fsp3) is 0.235. The van der Waals surface area contributed by atoms with Gasteiger partial charge in [0, 0.05) is 29.6 Å². The molecule has 7 nitrogen and oxygen atoms in total. The summed E-state index contributed by atoms with van der Waals surface area (Å²) >= 11 is 3.25. The van der Waals surface area contributed by atoms with Crippen molar-refractivity contribution in [2.75, 3.05) is 26.3 Å². The molecule has 0 saturated carbocycles. The molecule has 1 fully saturated rings. The summed E-state index contributed by atoms with van der Waals surface area (Å²) in [6, 6.07) is 6.75. The highest BCUT2D eigenvalue weighted by atomic mass is 79.9. The Bertz CT molecular complexity index is 1010. The van der Waals surface area contributed by atoms with E-state index < -0.39 is 5.97 Å². The fourth-order valence-corrected chi connectivity index (χ4v) is 3.48. The number of carbonyl (C=O) groups is 2. The number of H-pyrrole nitrogens is 1. The van der Waals surface area contributed by atoms with Gasteiger partial charge in [0.15, 0.2) is 0 Å². The van der Waals surface area contributed by atoms with Gasteiger partial charge in [-0.3, -0.25) is 4.79 Å². The molecule has 0 unspecified atom stereocenters. The number of halogens is 1. The largest absolute Gasteiger partial charge is 0.478 e. The molecular formula is C17H14BrN3O4. The van der Waals surface area contributed by atoms with Crippen LogP contribution < -0.4 is 0 Å². The van der Waals surface area contributed by atoms with Gasteiger partial charge in [0.05, 0.1) is 29.8 Å². The molecule has 1 aliphatic rings. The van der Waals surface area contributed by atoms with E-state index >= 15 is 0 Å². The summed E-state index contributed by atoms with van der Waals surface area (Å²) in [6.07, 6.45) is 0. The Balaban J connectivity index is 1.83. The minimum Gasteiger partial charge on any atom is -0.478 e. The van der Waals surface area contributed by atoms with Crippen LogP contribution in [-0.2, 0) is 4.74 Å². The third-order valence-electron chi connectivity index (χ3n) is 4.30. The minimum absolute atomic E-state index is 0.0588. The monoisotopic (exact) mass is 403 g/mol. The number of benzene rings is 1. The highest BCUT2D eigenvalue weighted by molar-refractivity contribution is 9.10. The number of aromatic amines is 1. The molecule has 2 aromatic heterocycles. The van der Waals surface area contributed by atoms with Crippen LogP contribution in [0.15, 0.2) is 28.9 Å². The molecule has 0 radical (unpaired) electrons. The van der Waals surface area contributed by atoms with Gasteiger partial charge in [-0.05, 0) is 40.2 Å². The molecule has 4 rings (SSSR count). The minimum atomic E-state index is -1.04. The number of aromatic nitrogens is 2. The van der Waals surface area contributed by atoms with Crippen molar-refractivity contribution in [3.05, 3.63) is 40.0 Å². The van der Waals surface area contributed by atoms with Crippen LogP contribution >= 0.6 is 15.9 Å². The lowest BCUT2D eigenvalue weighted by Gasteiger charge is -2.26. The SMILES string of the molecule is O=C(O)c1cc(Br)nc2c1[nH]c1cc(C(=O)N3CCOCC3)ccc12. The predicted octanol–water partition coefficient (Wildman–Crippen LogP) is 2.65. The molecular weight excluding hydrogens is 390 g/mol. The van der Waals surface area contributed by atoms with E-state index in [-0.39, 0.29) is 11.5 Å². The second-order valence-corrected chi connectivity index (χ2v) is 6.62. The smallest absolute Gasteiger partial charge is 0.337 e. The Morgan fingerprint density at radius 1 is 1.24 bits per heavy atom. The Kier molecular flexibility index (Phi) is 3.93. The maximum Gasteiger partial charge on any atom is 0.337 e. The van der Waals surface area contributed by atoms with Crippen LogP contribution in [0.3, 0.4) is 0 Å². The normalized spacial score (nSPS) is 15.0. The van der Waals surface area contributed by atoms with Crippen LogP contribution in [0.4, 0.5) is 0 Å². The zero-order chi connectivity index (χ0) is 17.6. The summed E-state index contributed by atoms with van der Waals surface area (Å²) in [7, 11) is 0.